The summed E-state index contributed by atoms with van der Waals surface area (Å²) in [5.74, 6) is 0. The molecule has 1 N–H and O–H groups in total. The molecule has 0 unspecified atom stereocenters. The van der Waals surface area contributed by atoms with Gasteiger partial charge < -0.3 is 5.32 Å². The van der Waals surface area contributed by atoms with E-state index < -0.39 is 11.7 Å². The number of hydrogen-bond acceptors (Lipinski definition) is 2. The molecular formula is C15H11F3N2. The fourth-order valence-electron chi connectivity index (χ4n) is 1.73. The fraction of sp³-hybridized carbons (Fsp3) is 0.133. The molecule has 2 rings (SSSR count). The van der Waals surface area contributed by atoms with Crippen LogP contribution in [-0.4, -0.2) is 0 Å². The lowest BCUT2D eigenvalue weighted by molar-refractivity contribution is -0.137. The van der Waals surface area contributed by atoms with E-state index >= 15 is 0 Å². The number of nitriles is 1. The third kappa shape index (κ3) is 3.51. The molecule has 0 heterocycles. The summed E-state index contributed by atoms with van der Waals surface area (Å²) >= 11 is 0. The van der Waals surface area contributed by atoms with Gasteiger partial charge in [0.25, 0.3) is 0 Å². The Morgan fingerprint density at radius 1 is 1.05 bits per heavy atom. The Kier molecular flexibility index (Phi) is 3.94. The van der Waals surface area contributed by atoms with Crippen molar-refractivity contribution in [2.75, 3.05) is 5.32 Å². The van der Waals surface area contributed by atoms with Gasteiger partial charge in [0.15, 0.2) is 0 Å². The molecule has 5 heteroatoms. The van der Waals surface area contributed by atoms with Gasteiger partial charge in [0.2, 0.25) is 0 Å². The van der Waals surface area contributed by atoms with Crippen molar-refractivity contribution in [2.24, 2.45) is 0 Å². The topological polar surface area (TPSA) is 35.8 Å². The first-order valence-corrected chi connectivity index (χ1v) is 5.89. The molecule has 0 aliphatic carbocycles. The van der Waals surface area contributed by atoms with Crippen LogP contribution in [0.3, 0.4) is 0 Å². The molecule has 0 saturated heterocycles. The standard InChI is InChI=1S/C15H11F3N2/c16-15(17,18)13-4-6-14(7-5-13)20-10-12-3-1-2-11(8-12)9-19/h1-8,20H,10H2. The zero-order chi connectivity index (χ0) is 14.6. The third-order valence-electron chi connectivity index (χ3n) is 2.76. The number of nitrogens with one attached hydrogen (secondary N) is 1. The van der Waals surface area contributed by atoms with Gasteiger partial charge in [-0.15, -0.1) is 0 Å². The first-order valence-electron chi connectivity index (χ1n) is 5.89. The van der Waals surface area contributed by atoms with E-state index in [1.165, 1.54) is 12.1 Å². The van der Waals surface area contributed by atoms with Gasteiger partial charge in [0, 0.05) is 12.2 Å². The second-order valence-electron chi connectivity index (χ2n) is 4.24. The smallest absolute Gasteiger partial charge is 0.381 e. The lowest BCUT2D eigenvalue weighted by Gasteiger charge is -2.09. The Bertz CT molecular complexity index is 625. The van der Waals surface area contributed by atoms with Gasteiger partial charge in [0.05, 0.1) is 17.2 Å². The molecular weight excluding hydrogens is 265 g/mol. The Morgan fingerprint density at radius 3 is 2.35 bits per heavy atom. The summed E-state index contributed by atoms with van der Waals surface area (Å²) in [7, 11) is 0. The molecule has 2 nitrogen and oxygen atoms in total. The van der Waals surface area contributed by atoms with Crippen LogP contribution < -0.4 is 5.32 Å². The van der Waals surface area contributed by atoms with E-state index in [0.29, 0.717) is 17.8 Å². The largest absolute Gasteiger partial charge is 0.416 e. The summed E-state index contributed by atoms with van der Waals surface area (Å²) in [6, 6.07) is 13.9. The molecule has 0 saturated carbocycles. The number of rotatable bonds is 3. The zero-order valence-corrected chi connectivity index (χ0v) is 10.4. The van der Waals surface area contributed by atoms with Crippen LogP contribution >= 0.6 is 0 Å². The maximum Gasteiger partial charge on any atom is 0.416 e. The van der Waals surface area contributed by atoms with Crippen molar-refractivity contribution in [1.29, 1.82) is 5.26 Å². The van der Waals surface area contributed by atoms with Crippen LogP contribution in [0.2, 0.25) is 0 Å². The third-order valence-corrected chi connectivity index (χ3v) is 2.76. The molecule has 0 spiro atoms. The molecule has 20 heavy (non-hydrogen) atoms. The second-order valence-corrected chi connectivity index (χ2v) is 4.24. The number of halogens is 3. The van der Waals surface area contributed by atoms with Crippen LogP contribution in [0.5, 0.6) is 0 Å². The normalized spacial score (nSPS) is 10.9. The van der Waals surface area contributed by atoms with Gasteiger partial charge in [-0.1, -0.05) is 12.1 Å². The highest BCUT2D eigenvalue weighted by Crippen LogP contribution is 2.29. The lowest BCUT2D eigenvalue weighted by Crippen LogP contribution is -2.05. The van der Waals surface area contributed by atoms with Gasteiger partial charge in [-0.3, -0.25) is 0 Å². The van der Waals surface area contributed by atoms with E-state index in [1.807, 2.05) is 12.1 Å². The monoisotopic (exact) mass is 276 g/mol. The molecule has 0 fully saturated rings. The average molecular weight is 276 g/mol. The summed E-state index contributed by atoms with van der Waals surface area (Å²) in [6.07, 6.45) is -4.32. The van der Waals surface area contributed by atoms with E-state index in [9.17, 15) is 13.2 Å². The summed E-state index contributed by atoms with van der Waals surface area (Å²) in [6.45, 7) is 0.445. The Labute approximate surface area is 114 Å². The fourth-order valence-corrected chi connectivity index (χ4v) is 1.73. The number of nitrogens with zero attached hydrogens (tertiary/aromatic N) is 1. The van der Waals surface area contributed by atoms with Crippen molar-refractivity contribution >= 4 is 5.69 Å². The number of hydrogen-bond donors (Lipinski definition) is 1. The zero-order valence-electron chi connectivity index (χ0n) is 10.4. The molecule has 0 radical (unpaired) electrons. The Morgan fingerprint density at radius 2 is 1.75 bits per heavy atom. The first kappa shape index (κ1) is 13.9. The predicted octanol–water partition coefficient (Wildman–Crippen LogP) is 4.19. The van der Waals surface area contributed by atoms with E-state index in [2.05, 4.69) is 5.32 Å². The van der Waals surface area contributed by atoms with Crippen LogP contribution in [0.4, 0.5) is 18.9 Å². The minimum atomic E-state index is -4.32. The van der Waals surface area contributed by atoms with Crippen LogP contribution in [0.1, 0.15) is 16.7 Å². The molecule has 0 bridgehead atoms. The van der Waals surface area contributed by atoms with Crippen LogP contribution in [0.15, 0.2) is 48.5 Å². The number of benzene rings is 2. The summed E-state index contributed by atoms with van der Waals surface area (Å²) in [5.41, 5.74) is 1.37. The van der Waals surface area contributed by atoms with E-state index in [-0.39, 0.29) is 0 Å². The van der Waals surface area contributed by atoms with Crippen molar-refractivity contribution < 1.29 is 13.2 Å². The van der Waals surface area contributed by atoms with Crippen LogP contribution in [-0.2, 0) is 12.7 Å². The summed E-state index contributed by atoms with van der Waals surface area (Å²) in [4.78, 5) is 0. The van der Waals surface area contributed by atoms with Gasteiger partial charge in [-0.05, 0) is 42.0 Å². The minimum Gasteiger partial charge on any atom is -0.381 e. The summed E-state index contributed by atoms with van der Waals surface area (Å²) in [5, 5.41) is 11.8. The van der Waals surface area contributed by atoms with Gasteiger partial charge >= 0.3 is 6.18 Å². The van der Waals surface area contributed by atoms with E-state index in [0.717, 1.165) is 17.7 Å². The van der Waals surface area contributed by atoms with Crippen molar-refractivity contribution in [3.63, 3.8) is 0 Å². The Balaban J connectivity index is 2.02. The highest BCUT2D eigenvalue weighted by atomic mass is 19.4. The molecule has 0 aromatic heterocycles. The Hall–Kier alpha value is -2.48. The van der Waals surface area contributed by atoms with E-state index in [1.54, 1.807) is 18.2 Å². The van der Waals surface area contributed by atoms with Crippen LogP contribution in [0, 0.1) is 11.3 Å². The maximum atomic E-state index is 12.4. The van der Waals surface area contributed by atoms with Crippen molar-refractivity contribution in [3.8, 4) is 6.07 Å². The van der Waals surface area contributed by atoms with Gasteiger partial charge in [0.1, 0.15) is 0 Å². The maximum absolute atomic E-state index is 12.4. The molecule has 2 aromatic rings. The van der Waals surface area contributed by atoms with Gasteiger partial charge in [-0.25, -0.2) is 0 Å². The van der Waals surface area contributed by atoms with Crippen molar-refractivity contribution in [3.05, 3.63) is 65.2 Å². The molecule has 0 aliphatic rings. The molecule has 0 amide bonds. The average Bonchev–Trinajstić information content (AvgIpc) is 2.45. The molecule has 102 valence electrons. The number of alkyl halides is 3. The van der Waals surface area contributed by atoms with Crippen molar-refractivity contribution in [2.45, 2.75) is 12.7 Å². The highest BCUT2D eigenvalue weighted by Gasteiger charge is 2.29. The van der Waals surface area contributed by atoms with E-state index in [4.69, 9.17) is 5.26 Å². The highest BCUT2D eigenvalue weighted by molar-refractivity contribution is 5.46. The quantitative estimate of drug-likeness (QED) is 0.912. The minimum absolute atomic E-state index is 0.445. The van der Waals surface area contributed by atoms with Crippen LogP contribution in [0.25, 0.3) is 0 Å². The number of anilines is 1. The van der Waals surface area contributed by atoms with Gasteiger partial charge in [-0.2, -0.15) is 18.4 Å². The predicted molar refractivity (Wildman–Crippen MR) is 69.9 cm³/mol. The molecule has 2 aromatic carbocycles. The lowest BCUT2D eigenvalue weighted by atomic mass is 10.1. The molecule has 0 aliphatic heterocycles. The first-order chi connectivity index (χ1) is 9.49. The summed E-state index contributed by atoms with van der Waals surface area (Å²) < 4.78 is 37.2. The van der Waals surface area contributed by atoms with Crippen molar-refractivity contribution in [1.82, 2.24) is 0 Å². The second kappa shape index (κ2) is 5.66. The SMILES string of the molecule is N#Cc1cccc(CNc2ccc(C(F)(F)F)cc2)c1. The molecule has 0 atom stereocenters.